The Balaban J connectivity index is 2.77. The number of aliphatic hydroxyl groups excluding tert-OH is 1. The molecule has 4 heteroatoms. The normalized spacial score (nSPS) is 21.2. The van der Waals surface area contributed by atoms with Crippen molar-refractivity contribution in [2.75, 3.05) is 14.2 Å². The van der Waals surface area contributed by atoms with E-state index in [0.717, 1.165) is 21.3 Å². The van der Waals surface area contributed by atoms with Crippen LogP contribution in [0, 0.1) is 0 Å². The van der Waals surface area contributed by atoms with Crippen LogP contribution in [0.2, 0.25) is 0 Å². The minimum Gasteiger partial charge on any atom is -0.496 e. The van der Waals surface area contributed by atoms with E-state index in [1.807, 2.05) is 6.07 Å². The number of hydrogen-bond acceptors (Lipinski definition) is 3. The average Bonchev–Trinajstić information content (AvgIpc) is 2.48. The van der Waals surface area contributed by atoms with Gasteiger partial charge in [0.25, 0.3) is 0 Å². The number of rotatable bonds is 2. The summed E-state index contributed by atoms with van der Waals surface area (Å²) < 4.78 is 11.6. The van der Waals surface area contributed by atoms with Gasteiger partial charge in [-0.1, -0.05) is 13.8 Å². The second-order valence-corrected chi connectivity index (χ2v) is 5.84. The maximum Gasteiger partial charge on any atom is 0.139 e. The monoisotopic (exact) mass is 300 g/mol. The number of halogens is 1. The Hall–Kier alpha value is -0.740. The highest BCUT2D eigenvalue weighted by atomic mass is 79.9. The molecular weight excluding hydrogens is 284 g/mol. The topological polar surface area (TPSA) is 38.7 Å². The number of fused-ring (bicyclic) bond motifs is 1. The van der Waals surface area contributed by atoms with Gasteiger partial charge >= 0.3 is 0 Å². The predicted molar refractivity (Wildman–Crippen MR) is 69.8 cm³/mol. The van der Waals surface area contributed by atoms with Crippen LogP contribution in [0.1, 0.15) is 37.5 Å². The Morgan fingerprint density at radius 1 is 1.35 bits per heavy atom. The molecule has 1 aromatic rings. The average molecular weight is 301 g/mol. The van der Waals surface area contributed by atoms with Crippen molar-refractivity contribution >= 4 is 15.9 Å². The smallest absolute Gasteiger partial charge is 0.139 e. The van der Waals surface area contributed by atoms with Gasteiger partial charge in [0.15, 0.2) is 0 Å². The summed E-state index contributed by atoms with van der Waals surface area (Å²) in [4.78, 5) is 0. The molecule has 1 aromatic carbocycles. The molecule has 0 aromatic heterocycles. The van der Waals surface area contributed by atoms with Gasteiger partial charge in [-0.05, 0) is 33.8 Å². The van der Waals surface area contributed by atoms with Crippen molar-refractivity contribution < 1.29 is 14.6 Å². The van der Waals surface area contributed by atoms with Crippen molar-refractivity contribution in [3.05, 3.63) is 21.7 Å². The zero-order valence-corrected chi connectivity index (χ0v) is 12.1. The van der Waals surface area contributed by atoms with E-state index in [1.165, 1.54) is 0 Å². The van der Waals surface area contributed by atoms with E-state index in [1.54, 1.807) is 14.2 Å². The van der Waals surface area contributed by atoms with Crippen molar-refractivity contribution in [1.29, 1.82) is 0 Å². The van der Waals surface area contributed by atoms with E-state index < -0.39 is 6.10 Å². The largest absolute Gasteiger partial charge is 0.496 e. The van der Waals surface area contributed by atoms with Crippen molar-refractivity contribution in [1.82, 2.24) is 0 Å². The van der Waals surface area contributed by atoms with Crippen molar-refractivity contribution in [2.45, 2.75) is 31.8 Å². The summed E-state index contributed by atoms with van der Waals surface area (Å²) in [6.45, 7) is 4.22. The molecule has 0 aliphatic heterocycles. The van der Waals surface area contributed by atoms with Gasteiger partial charge in [-0.25, -0.2) is 0 Å². The summed E-state index contributed by atoms with van der Waals surface area (Å²) in [6.07, 6.45) is 0.187. The summed E-state index contributed by atoms with van der Waals surface area (Å²) in [6, 6.07) is 1.90. The Morgan fingerprint density at radius 3 is 2.53 bits per heavy atom. The molecule has 2 rings (SSSR count). The van der Waals surface area contributed by atoms with Gasteiger partial charge in [0.05, 0.1) is 24.8 Å². The van der Waals surface area contributed by atoms with Crippen LogP contribution in [-0.4, -0.2) is 19.3 Å². The van der Waals surface area contributed by atoms with Crippen LogP contribution < -0.4 is 9.47 Å². The second-order valence-electron chi connectivity index (χ2n) is 4.99. The van der Waals surface area contributed by atoms with Crippen molar-refractivity contribution in [3.8, 4) is 11.5 Å². The molecule has 0 radical (unpaired) electrons. The fourth-order valence-electron chi connectivity index (χ4n) is 2.70. The van der Waals surface area contributed by atoms with Crippen LogP contribution in [0.25, 0.3) is 0 Å². The fourth-order valence-corrected chi connectivity index (χ4v) is 3.28. The maximum atomic E-state index is 10.2. The molecule has 0 unspecified atom stereocenters. The molecule has 0 saturated carbocycles. The molecule has 0 spiro atoms. The number of hydrogen-bond donors (Lipinski definition) is 1. The molecule has 0 saturated heterocycles. The van der Waals surface area contributed by atoms with Crippen LogP contribution in [-0.2, 0) is 5.41 Å². The van der Waals surface area contributed by atoms with Gasteiger partial charge in [-0.2, -0.15) is 0 Å². The number of benzene rings is 1. The van der Waals surface area contributed by atoms with E-state index in [0.29, 0.717) is 12.2 Å². The highest BCUT2D eigenvalue weighted by Gasteiger charge is 2.41. The molecule has 0 heterocycles. The third-order valence-corrected chi connectivity index (χ3v) is 3.96. The lowest BCUT2D eigenvalue weighted by Gasteiger charge is -2.22. The van der Waals surface area contributed by atoms with E-state index in [9.17, 15) is 5.11 Å². The maximum absolute atomic E-state index is 10.2. The quantitative estimate of drug-likeness (QED) is 0.912. The summed E-state index contributed by atoms with van der Waals surface area (Å²) in [5, 5.41) is 10.2. The molecule has 1 N–H and O–H groups in total. The van der Waals surface area contributed by atoms with Crippen molar-refractivity contribution in [3.63, 3.8) is 0 Å². The van der Waals surface area contributed by atoms with Crippen LogP contribution in [0.5, 0.6) is 11.5 Å². The summed E-state index contributed by atoms with van der Waals surface area (Å²) >= 11 is 3.45. The van der Waals surface area contributed by atoms with Gasteiger partial charge < -0.3 is 14.6 Å². The molecule has 0 amide bonds. The highest BCUT2D eigenvalue weighted by Crippen LogP contribution is 2.54. The van der Waals surface area contributed by atoms with Crippen LogP contribution in [0.3, 0.4) is 0 Å². The molecule has 1 aliphatic carbocycles. The minimum atomic E-state index is -0.499. The third kappa shape index (κ3) is 1.83. The van der Waals surface area contributed by atoms with E-state index in [2.05, 4.69) is 29.8 Å². The highest BCUT2D eigenvalue weighted by molar-refractivity contribution is 9.10. The lowest BCUT2D eigenvalue weighted by Crippen LogP contribution is -2.13. The first-order valence-electron chi connectivity index (χ1n) is 5.55. The number of ether oxygens (including phenoxy) is 2. The van der Waals surface area contributed by atoms with Crippen molar-refractivity contribution in [2.24, 2.45) is 0 Å². The van der Waals surface area contributed by atoms with Gasteiger partial charge in [-0.3, -0.25) is 0 Å². The predicted octanol–water partition coefficient (Wildman–Crippen LogP) is 3.18. The second kappa shape index (κ2) is 4.18. The van der Waals surface area contributed by atoms with E-state index in [-0.39, 0.29) is 5.41 Å². The molecule has 94 valence electrons. The third-order valence-electron chi connectivity index (χ3n) is 3.37. The fraction of sp³-hybridized carbons (Fsp3) is 0.538. The number of methoxy groups -OCH3 is 2. The SMILES string of the molecule is COc1cc(Br)c(OC)c2c1C(C)(C)C[C@H]2O. The summed E-state index contributed by atoms with van der Waals surface area (Å²) in [5.41, 5.74) is 1.80. The Kier molecular flexibility index (Phi) is 3.12. The Morgan fingerprint density at radius 2 is 2.00 bits per heavy atom. The molecule has 17 heavy (non-hydrogen) atoms. The molecule has 3 nitrogen and oxygen atoms in total. The van der Waals surface area contributed by atoms with E-state index >= 15 is 0 Å². The standard InChI is InChI=1S/C13H17BrO3/c1-13(2)6-8(15)10-11(13)9(16-3)5-7(14)12(10)17-4/h5,8,15H,6H2,1-4H3/t8-/m1/s1. The van der Waals surface area contributed by atoms with Gasteiger partial charge in [0.1, 0.15) is 11.5 Å². The van der Waals surface area contributed by atoms with E-state index in [4.69, 9.17) is 9.47 Å². The van der Waals surface area contributed by atoms with Crippen LogP contribution >= 0.6 is 15.9 Å². The minimum absolute atomic E-state index is 0.103. The lowest BCUT2D eigenvalue weighted by atomic mass is 9.86. The first-order chi connectivity index (χ1) is 7.92. The first kappa shape index (κ1) is 12.7. The number of aliphatic hydroxyl groups is 1. The first-order valence-corrected chi connectivity index (χ1v) is 6.34. The summed E-state index contributed by atoms with van der Waals surface area (Å²) in [5.74, 6) is 1.51. The molecule has 1 atom stereocenters. The van der Waals surface area contributed by atoms with Gasteiger partial charge in [-0.15, -0.1) is 0 Å². The van der Waals surface area contributed by atoms with Crippen LogP contribution in [0.4, 0.5) is 0 Å². The van der Waals surface area contributed by atoms with Gasteiger partial charge in [0, 0.05) is 11.1 Å². The Labute approximate surface area is 110 Å². The molecule has 0 bridgehead atoms. The Bertz CT molecular complexity index is 454. The molecule has 1 aliphatic rings. The zero-order chi connectivity index (χ0) is 12.8. The molecule has 0 fully saturated rings. The summed E-state index contributed by atoms with van der Waals surface area (Å²) in [7, 11) is 3.26. The lowest BCUT2D eigenvalue weighted by molar-refractivity contribution is 0.158. The zero-order valence-electron chi connectivity index (χ0n) is 10.5. The van der Waals surface area contributed by atoms with Gasteiger partial charge in [0.2, 0.25) is 0 Å². The molecular formula is C13H17BrO3. The van der Waals surface area contributed by atoms with Crippen LogP contribution in [0.15, 0.2) is 10.5 Å².